The van der Waals surface area contributed by atoms with Gasteiger partial charge in [0.05, 0.1) is 5.69 Å². The molecule has 0 aliphatic heterocycles. The summed E-state index contributed by atoms with van der Waals surface area (Å²) >= 11 is 6.00. The van der Waals surface area contributed by atoms with Crippen molar-refractivity contribution in [1.82, 2.24) is 9.97 Å². The summed E-state index contributed by atoms with van der Waals surface area (Å²) in [6, 6.07) is 5.04. The Morgan fingerprint density at radius 1 is 1.12 bits per heavy atom. The summed E-state index contributed by atoms with van der Waals surface area (Å²) in [4.78, 5) is 8.37. The minimum Gasteiger partial charge on any atom is -0.233 e. The van der Waals surface area contributed by atoms with Gasteiger partial charge in [0, 0.05) is 11.1 Å². The van der Waals surface area contributed by atoms with Crippen LogP contribution in [0.25, 0.3) is 11.3 Å². The monoisotopic (exact) mass is 250 g/mol. The van der Waals surface area contributed by atoms with Crippen LogP contribution in [0.15, 0.2) is 18.2 Å². The number of rotatable bonds is 1. The molecule has 0 aliphatic carbocycles. The molecule has 0 N–H and O–H groups in total. The second-order valence-electron chi connectivity index (χ2n) is 4.00. The highest BCUT2D eigenvalue weighted by atomic mass is 35.5. The zero-order valence-corrected chi connectivity index (χ0v) is 10.6. The molecule has 1 aromatic heterocycles. The van der Waals surface area contributed by atoms with Crippen LogP contribution in [-0.2, 0) is 0 Å². The molecule has 0 amide bonds. The molecule has 0 saturated carbocycles. The molecule has 2 rings (SSSR count). The van der Waals surface area contributed by atoms with Gasteiger partial charge in [0.15, 0.2) is 0 Å². The Bertz CT molecular complexity index is 582. The van der Waals surface area contributed by atoms with Gasteiger partial charge in [0.25, 0.3) is 0 Å². The van der Waals surface area contributed by atoms with Gasteiger partial charge in [-0.25, -0.2) is 14.4 Å². The molecule has 1 aromatic carbocycles. The lowest BCUT2D eigenvalue weighted by molar-refractivity contribution is 0.619. The Hall–Kier alpha value is -1.48. The Balaban J connectivity index is 2.64. The summed E-state index contributed by atoms with van der Waals surface area (Å²) < 4.78 is 13.5. The number of halogens is 2. The van der Waals surface area contributed by atoms with E-state index in [4.69, 9.17) is 11.6 Å². The van der Waals surface area contributed by atoms with E-state index >= 15 is 0 Å². The number of hydrogen-bond donors (Lipinski definition) is 0. The Labute approximate surface area is 104 Å². The molecule has 2 nitrogen and oxygen atoms in total. The van der Waals surface area contributed by atoms with E-state index in [1.807, 2.05) is 13.0 Å². The quantitative estimate of drug-likeness (QED) is 0.718. The van der Waals surface area contributed by atoms with Gasteiger partial charge in [-0.15, -0.1) is 0 Å². The van der Waals surface area contributed by atoms with Crippen molar-refractivity contribution < 1.29 is 4.39 Å². The smallest absolute Gasteiger partial charge is 0.136 e. The third kappa shape index (κ3) is 2.29. The van der Waals surface area contributed by atoms with Crippen molar-refractivity contribution in [2.24, 2.45) is 0 Å². The van der Waals surface area contributed by atoms with Crippen LogP contribution >= 0.6 is 11.6 Å². The highest BCUT2D eigenvalue weighted by Gasteiger charge is 2.10. The van der Waals surface area contributed by atoms with Gasteiger partial charge in [-0.3, -0.25) is 0 Å². The normalized spacial score (nSPS) is 10.6. The van der Waals surface area contributed by atoms with Crippen molar-refractivity contribution in [3.8, 4) is 11.3 Å². The molecule has 0 aliphatic rings. The summed E-state index contributed by atoms with van der Waals surface area (Å²) in [5.41, 5.74) is 2.78. The molecule has 0 bridgehead atoms. The fourth-order valence-electron chi connectivity index (χ4n) is 1.62. The molecule has 0 unspecified atom stereocenters. The summed E-state index contributed by atoms with van der Waals surface area (Å²) in [6.07, 6.45) is 0. The Kier molecular flexibility index (Phi) is 3.11. The van der Waals surface area contributed by atoms with Gasteiger partial charge >= 0.3 is 0 Å². The summed E-state index contributed by atoms with van der Waals surface area (Å²) in [6.45, 7) is 5.32. The molecule has 1 heterocycles. The van der Waals surface area contributed by atoms with E-state index in [1.165, 1.54) is 6.07 Å². The SMILES string of the molecule is Cc1nc(Cl)c(C)c(-c2ccc(C)c(F)c2)n1. The molecule has 2 aromatic rings. The average Bonchev–Trinajstić information content (AvgIpc) is 2.27. The van der Waals surface area contributed by atoms with Gasteiger partial charge in [0.2, 0.25) is 0 Å². The van der Waals surface area contributed by atoms with E-state index in [1.54, 1.807) is 19.9 Å². The average molecular weight is 251 g/mol. The van der Waals surface area contributed by atoms with E-state index < -0.39 is 0 Å². The van der Waals surface area contributed by atoms with Gasteiger partial charge in [-0.2, -0.15) is 0 Å². The summed E-state index contributed by atoms with van der Waals surface area (Å²) in [5.74, 6) is 0.339. The second kappa shape index (κ2) is 4.41. The van der Waals surface area contributed by atoms with Crippen LogP contribution in [0.3, 0.4) is 0 Å². The van der Waals surface area contributed by atoms with Crippen LogP contribution in [0.1, 0.15) is 17.0 Å². The molecule has 0 spiro atoms. The molecule has 0 fully saturated rings. The first-order valence-corrected chi connectivity index (χ1v) is 5.64. The highest BCUT2D eigenvalue weighted by Crippen LogP contribution is 2.26. The lowest BCUT2D eigenvalue weighted by Crippen LogP contribution is -1.97. The zero-order chi connectivity index (χ0) is 12.6. The predicted molar refractivity (Wildman–Crippen MR) is 66.6 cm³/mol. The highest BCUT2D eigenvalue weighted by molar-refractivity contribution is 6.30. The van der Waals surface area contributed by atoms with Crippen LogP contribution in [-0.4, -0.2) is 9.97 Å². The number of hydrogen-bond acceptors (Lipinski definition) is 2. The van der Waals surface area contributed by atoms with Crippen molar-refractivity contribution in [3.05, 3.63) is 46.1 Å². The molecule has 88 valence electrons. The van der Waals surface area contributed by atoms with Crippen molar-refractivity contribution in [1.29, 1.82) is 0 Å². The maximum atomic E-state index is 13.5. The number of aromatic nitrogens is 2. The van der Waals surface area contributed by atoms with Gasteiger partial charge < -0.3 is 0 Å². The van der Waals surface area contributed by atoms with Crippen molar-refractivity contribution in [2.75, 3.05) is 0 Å². The van der Waals surface area contributed by atoms with E-state index in [0.29, 0.717) is 22.2 Å². The van der Waals surface area contributed by atoms with Crippen LogP contribution in [0.4, 0.5) is 4.39 Å². The Morgan fingerprint density at radius 2 is 1.82 bits per heavy atom. The van der Waals surface area contributed by atoms with Crippen LogP contribution in [0.5, 0.6) is 0 Å². The summed E-state index contributed by atoms with van der Waals surface area (Å²) in [5, 5.41) is 0.411. The van der Waals surface area contributed by atoms with Crippen molar-refractivity contribution in [3.63, 3.8) is 0 Å². The third-order valence-corrected chi connectivity index (χ3v) is 3.01. The van der Waals surface area contributed by atoms with Crippen LogP contribution < -0.4 is 0 Å². The maximum Gasteiger partial charge on any atom is 0.136 e. The van der Waals surface area contributed by atoms with Crippen LogP contribution in [0, 0.1) is 26.6 Å². The minimum atomic E-state index is -0.241. The lowest BCUT2D eigenvalue weighted by atomic mass is 10.1. The van der Waals surface area contributed by atoms with Gasteiger partial charge in [0.1, 0.15) is 16.8 Å². The lowest BCUT2D eigenvalue weighted by Gasteiger charge is -2.08. The number of benzene rings is 1. The van der Waals surface area contributed by atoms with Crippen molar-refractivity contribution >= 4 is 11.6 Å². The van der Waals surface area contributed by atoms with E-state index in [9.17, 15) is 4.39 Å². The predicted octanol–water partition coefficient (Wildman–Crippen LogP) is 3.86. The fraction of sp³-hybridized carbons (Fsp3) is 0.231. The number of nitrogens with zero attached hydrogens (tertiary/aromatic N) is 2. The molecule has 17 heavy (non-hydrogen) atoms. The van der Waals surface area contributed by atoms with E-state index in [0.717, 1.165) is 11.1 Å². The van der Waals surface area contributed by atoms with Crippen LogP contribution in [0.2, 0.25) is 5.15 Å². The van der Waals surface area contributed by atoms with E-state index in [-0.39, 0.29) is 5.82 Å². The molecule has 0 radical (unpaired) electrons. The Morgan fingerprint density at radius 3 is 2.47 bits per heavy atom. The molecular weight excluding hydrogens is 239 g/mol. The topological polar surface area (TPSA) is 25.8 Å². The third-order valence-electron chi connectivity index (χ3n) is 2.64. The van der Waals surface area contributed by atoms with E-state index in [2.05, 4.69) is 9.97 Å². The summed E-state index contributed by atoms with van der Waals surface area (Å²) in [7, 11) is 0. The first-order chi connectivity index (χ1) is 7.99. The maximum absolute atomic E-state index is 13.5. The molecule has 0 atom stereocenters. The molecule has 4 heteroatoms. The number of aryl methyl sites for hydroxylation is 2. The van der Waals surface area contributed by atoms with Gasteiger partial charge in [-0.05, 0) is 32.4 Å². The molecular formula is C13H12ClFN2. The first-order valence-electron chi connectivity index (χ1n) is 5.26. The largest absolute Gasteiger partial charge is 0.233 e. The van der Waals surface area contributed by atoms with Gasteiger partial charge in [-0.1, -0.05) is 23.7 Å². The first kappa shape index (κ1) is 12.0. The fourth-order valence-corrected chi connectivity index (χ4v) is 1.83. The zero-order valence-electron chi connectivity index (χ0n) is 9.88. The van der Waals surface area contributed by atoms with Crippen molar-refractivity contribution in [2.45, 2.75) is 20.8 Å². The molecule has 0 saturated heterocycles. The standard InChI is InChI=1S/C13H12ClFN2/c1-7-4-5-10(6-11(7)15)12-8(2)13(14)17-9(3)16-12/h4-6H,1-3H3. The minimum absolute atomic E-state index is 0.241. The second-order valence-corrected chi connectivity index (χ2v) is 4.36.